The van der Waals surface area contributed by atoms with Crippen LogP contribution in [-0.4, -0.2) is 18.4 Å². The Balaban J connectivity index is 4.15. The maximum atomic E-state index is 11.7. The number of rotatable bonds is 6. The third kappa shape index (κ3) is 5.04. The molecule has 13 heavy (non-hydrogen) atoms. The SMILES string of the molecule is CCN[C@H](CC(C)C)C(=O)C(C)C. The molecule has 0 aliphatic carbocycles. The monoisotopic (exact) mass is 185 g/mol. The first-order valence-corrected chi connectivity index (χ1v) is 5.26. The Morgan fingerprint density at radius 1 is 1.23 bits per heavy atom. The van der Waals surface area contributed by atoms with E-state index < -0.39 is 0 Å². The van der Waals surface area contributed by atoms with E-state index in [1.165, 1.54) is 0 Å². The second-order valence-corrected chi connectivity index (χ2v) is 4.30. The van der Waals surface area contributed by atoms with E-state index >= 15 is 0 Å². The molecule has 0 unspecified atom stereocenters. The van der Waals surface area contributed by atoms with Crippen molar-refractivity contribution in [3.63, 3.8) is 0 Å². The number of carbonyl (C=O) groups excluding carboxylic acids is 1. The van der Waals surface area contributed by atoms with Crippen molar-refractivity contribution in [1.82, 2.24) is 5.32 Å². The van der Waals surface area contributed by atoms with Crippen LogP contribution in [0.4, 0.5) is 0 Å². The van der Waals surface area contributed by atoms with E-state index in [1.54, 1.807) is 0 Å². The summed E-state index contributed by atoms with van der Waals surface area (Å²) >= 11 is 0. The highest BCUT2D eigenvalue weighted by Gasteiger charge is 2.20. The largest absolute Gasteiger partial charge is 0.308 e. The van der Waals surface area contributed by atoms with Gasteiger partial charge in [-0.2, -0.15) is 0 Å². The number of hydrogen-bond donors (Lipinski definition) is 1. The van der Waals surface area contributed by atoms with E-state index in [4.69, 9.17) is 0 Å². The summed E-state index contributed by atoms with van der Waals surface area (Å²) in [6.45, 7) is 11.1. The highest BCUT2D eigenvalue weighted by Crippen LogP contribution is 2.09. The van der Waals surface area contributed by atoms with Crippen LogP contribution in [0.25, 0.3) is 0 Å². The molecule has 0 rings (SSSR count). The number of hydrogen-bond acceptors (Lipinski definition) is 2. The van der Waals surface area contributed by atoms with Crippen molar-refractivity contribution in [2.75, 3.05) is 6.54 Å². The smallest absolute Gasteiger partial charge is 0.152 e. The van der Waals surface area contributed by atoms with Crippen LogP contribution < -0.4 is 5.32 Å². The second-order valence-electron chi connectivity index (χ2n) is 4.30. The molecule has 0 saturated carbocycles. The minimum Gasteiger partial charge on any atom is -0.308 e. The lowest BCUT2D eigenvalue weighted by Gasteiger charge is -2.20. The number of ketones is 1. The zero-order chi connectivity index (χ0) is 10.4. The molecule has 0 heterocycles. The molecule has 1 atom stereocenters. The van der Waals surface area contributed by atoms with E-state index in [-0.39, 0.29) is 12.0 Å². The molecule has 0 spiro atoms. The summed E-state index contributed by atoms with van der Waals surface area (Å²) in [6, 6.07) is 0.0602. The third-order valence-corrected chi connectivity index (χ3v) is 2.07. The number of nitrogens with one attached hydrogen (secondary N) is 1. The van der Waals surface area contributed by atoms with Crippen molar-refractivity contribution in [2.24, 2.45) is 11.8 Å². The topological polar surface area (TPSA) is 29.1 Å². The highest BCUT2D eigenvalue weighted by atomic mass is 16.1. The van der Waals surface area contributed by atoms with Crippen LogP contribution in [-0.2, 0) is 4.79 Å². The van der Waals surface area contributed by atoms with E-state index in [0.29, 0.717) is 11.7 Å². The van der Waals surface area contributed by atoms with Gasteiger partial charge in [-0.15, -0.1) is 0 Å². The predicted octanol–water partition coefficient (Wildman–Crippen LogP) is 2.24. The second kappa shape index (κ2) is 6.14. The molecule has 0 amide bonds. The van der Waals surface area contributed by atoms with Crippen LogP contribution in [0.1, 0.15) is 41.0 Å². The Morgan fingerprint density at radius 2 is 1.77 bits per heavy atom. The summed E-state index contributed by atoms with van der Waals surface area (Å²) in [4.78, 5) is 11.7. The fourth-order valence-electron chi connectivity index (χ4n) is 1.42. The van der Waals surface area contributed by atoms with Gasteiger partial charge in [0.1, 0.15) is 0 Å². The average Bonchev–Trinajstić information content (AvgIpc) is 2.01. The predicted molar refractivity (Wildman–Crippen MR) is 56.8 cm³/mol. The molecule has 0 bridgehead atoms. The van der Waals surface area contributed by atoms with Gasteiger partial charge in [0.15, 0.2) is 5.78 Å². The summed E-state index contributed by atoms with van der Waals surface area (Å²) < 4.78 is 0. The lowest BCUT2D eigenvalue weighted by atomic mass is 9.94. The number of carbonyl (C=O) groups is 1. The molecule has 2 nitrogen and oxygen atoms in total. The Morgan fingerprint density at radius 3 is 2.08 bits per heavy atom. The summed E-state index contributed by atoms with van der Waals surface area (Å²) in [5.74, 6) is 1.06. The minimum atomic E-state index is 0.0602. The molecular weight excluding hydrogens is 162 g/mol. The summed E-state index contributed by atoms with van der Waals surface area (Å²) in [7, 11) is 0. The first kappa shape index (κ1) is 12.6. The Bertz CT molecular complexity index is 152. The van der Waals surface area contributed by atoms with E-state index in [1.807, 2.05) is 20.8 Å². The van der Waals surface area contributed by atoms with Crippen LogP contribution in [0, 0.1) is 11.8 Å². The van der Waals surface area contributed by atoms with E-state index in [0.717, 1.165) is 13.0 Å². The van der Waals surface area contributed by atoms with E-state index in [2.05, 4.69) is 19.2 Å². The van der Waals surface area contributed by atoms with Crippen molar-refractivity contribution in [2.45, 2.75) is 47.1 Å². The number of Topliss-reactive ketones (excluding diaryl/α,β-unsaturated/α-hetero) is 1. The molecule has 0 fully saturated rings. The molecule has 0 aromatic carbocycles. The van der Waals surface area contributed by atoms with Gasteiger partial charge in [0.2, 0.25) is 0 Å². The Kier molecular flexibility index (Phi) is 5.97. The maximum absolute atomic E-state index is 11.7. The molecule has 0 aromatic heterocycles. The lowest BCUT2D eigenvalue weighted by Crippen LogP contribution is -2.39. The molecule has 0 radical (unpaired) electrons. The molecule has 2 heteroatoms. The first-order valence-electron chi connectivity index (χ1n) is 5.26. The molecule has 0 aliphatic rings. The van der Waals surface area contributed by atoms with Crippen molar-refractivity contribution in [1.29, 1.82) is 0 Å². The van der Waals surface area contributed by atoms with Crippen molar-refractivity contribution >= 4 is 5.78 Å². The van der Waals surface area contributed by atoms with Crippen LogP contribution in [0.3, 0.4) is 0 Å². The van der Waals surface area contributed by atoms with Crippen molar-refractivity contribution in [3.8, 4) is 0 Å². The van der Waals surface area contributed by atoms with Gasteiger partial charge in [0.25, 0.3) is 0 Å². The van der Waals surface area contributed by atoms with Gasteiger partial charge in [-0.3, -0.25) is 4.79 Å². The Labute approximate surface area is 82.1 Å². The summed E-state index contributed by atoms with van der Waals surface area (Å²) in [5, 5.41) is 3.25. The zero-order valence-electron chi connectivity index (χ0n) is 9.55. The van der Waals surface area contributed by atoms with Crippen molar-refractivity contribution in [3.05, 3.63) is 0 Å². The molecule has 0 saturated heterocycles. The fraction of sp³-hybridized carbons (Fsp3) is 0.909. The van der Waals surface area contributed by atoms with Gasteiger partial charge in [-0.1, -0.05) is 34.6 Å². The summed E-state index contributed by atoms with van der Waals surface area (Å²) in [5.41, 5.74) is 0. The number of likely N-dealkylation sites (N-methyl/N-ethyl adjacent to an activating group) is 1. The van der Waals surface area contributed by atoms with Crippen molar-refractivity contribution < 1.29 is 4.79 Å². The van der Waals surface area contributed by atoms with E-state index in [9.17, 15) is 4.79 Å². The van der Waals surface area contributed by atoms with Crippen LogP contribution in [0.15, 0.2) is 0 Å². The standard InChI is InChI=1S/C11H23NO/c1-6-12-10(7-8(2)3)11(13)9(4)5/h8-10,12H,6-7H2,1-5H3/t10-/m1/s1. The minimum absolute atomic E-state index is 0.0602. The fourth-order valence-corrected chi connectivity index (χ4v) is 1.42. The molecular formula is C11H23NO. The van der Waals surface area contributed by atoms with Crippen LogP contribution >= 0.6 is 0 Å². The molecule has 1 N–H and O–H groups in total. The van der Waals surface area contributed by atoms with Gasteiger partial charge >= 0.3 is 0 Å². The van der Waals surface area contributed by atoms with Gasteiger partial charge in [-0.25, -0.2) is 0 Å². The van der Waals surface area contributed by atoms with Gasteiger partial charge in [0.05, 0.1) is 6.04 Å². The normalized spacial score (nSPS) is 13.8. The van der Waals surface area contributed by atoms with Crippen LogP contribution in [0.5, 0.6) is 0 Å². The van der Waals surface area contributed by atoms with Gasteiger partial charge < -0.3 is 5.32 Å². The zero-order valence-corrected chi connectivity index (χ0v) is 9.55. The molecule has 0 aliphatic heterocycles. The van der Waals surface area contributed by atoms with Gasteiger partial charge in [0, 0.05) is 5.92 Å². The van der Waals surface area contributed by atoms with Gasteiger partial charge in [-0.05, 0) is 18.9 Å². The highest BCUT2D eigenvalue weighted by molar-refractivity contribution is 5.85. The molecule has 78 valence electrons. The quantitative estimate of drug-likeness (QED) is 0.687. The average molecular weight is 185 g/mol. The first-order chi connectivity index (χ1) is 5.99. The Hall–Kier alpha value is -0.370. The third-order valence-electron chi connectivity index (χ3n) is 2.07. The summed E-state index contributed by atoms with van der Waals surface area (Å²) in [6.07, 6.45) is 0.949. The lowest BCUT2D eigenvalue weighted by molar-refractivity contribution is -0.124. The molecule has 0 aromatic rings. The van der Waals surface area contributed by atoms with Crippen LogP contribution in [0.2, 0.25) is 0 Å². The maximum Gasteiger partial charge on any atom is 0.152 e.